The Hall–Kier alpha value is -0.0300. The molecule has 1 aromatic rings. The van der Waals surface area contributed by atoms with Crippen molar-refractivity contribution >= 4 is 40.7 Å². The summed E-state index contributed by atoms with van der Waals surface area (Å²) < 4.78 is 6.68. The van der Waals surface area contributed by atoms with Gasteiger partial charge in [0.05, 0.1) is 4.47 Å². The highest BCUT2D eigenvalue weighted by molar-refractivity contribution is 9.10. The van der Waals surface area contributed by atoms with Crippen molar-refractivity contribution in [2.75, 3.05) is 13.1 Å². The highest BCUT2D eigenvalue weighted by Crippen LogP contribution is 2.24. The van der Waals surface area contributed by atoms with Crippen molar-refractivity contribution in [2.24, 2.45) is 0 Å². The lowest BCUT2D eigenvalue weighted by molar-refractivity contribution is 0.221. The maximum absolute atomic E-state index is 5.76. The Morgan fingerprint density at radius 2 is 2.27 bits per heavy atom. The van der Waals surface area contributed by atoms with E-state index in [1.54, 1.807) is 12.4 Å². The van der Waals surface area contributed by atoms with Crippen LogP contribution in [0.2, 0.25) is 0 Å². The maximum atomic E-state index is 5.76. The summed E-state index contributed by atoms with van der Waals surface area (Å²) >= 11 is 3.40. The molecule has 3 nitrogen and oxygen atoms in total. The van der Waals surface area contributed by atoms with Crippen molar-refractivity contribution in [1.82, 2.24) is 10.3 Å². The molecule has 0 radical (unpaired) electrons. The molecule has 1 N–H and O–H groups in total. The standard InChI is InChI=1S/C9H11BrN2O.2ClH/c10-8-6-12-4-2-9(8)13-7-1-3-11-5-7;;/h2,4,6-7,11H,1,3,5H2;2*1H. The molecule has 2 heterocycles. The van der Waals surface area contributed by atoms with Crippen LogP contribution in [0.1, 0.15) is 6.42 Å². The van der Waals surface area contributed by atoms with Crippen LogP contribution < -0.4 is 10.1 Å². The Morgan fingerprint density at radius 3 is 2.87 bits per heavy atom. The minimum absolute atomic E-state index is 0. The molecular weight excluding hydrogens is 303 g/mol. The Kier molecular flexibility index (Phi) is 7.26. The van der Waals surface area contributed by atoms with Crippen molar-refractivity contribution in [1.29, 1.82) is 0 Å². The molecule has 86 valence electrons. The first-order valence-electron chi connectivity index (χ1n) is 4.33. The summed E-state index contributed by atoms with van der Waals surface area (Å²) in [7, 11) is 0. The molecule has 1 fully saturated rings. The average Bonchev–Trinajstić information content (AvgIpc) is 2.61. The van der Waals surface area contributed by atoms with Gasteiger partial charge >= 0.3 is 0 Å². The fourth-order valence-corrected chi connectivity index (χ4v) is 1.71. The molecule has 0 bridgehead atoms. The van der Waals surface area contributed by atoms with Gasteiger partial charge in [-0.3, -0.25) is 4.98 Å². The van der Waals surface area contributed by atoms with E-state index in [1.165, 1.54) is 0 Å². The normalized spacial score (nSPS) is 18.9. The summed E-state index contributed by atoms with van der Waals surface area (Å²) in [5.41, 5.74) is 0. The highest BCUT2D eigenvalue weighted by atomic mass is 79.9. The first-order chi connectivity index (χ1) is 6.36. The second-order valence-electron chi connectivity index (χ2n) is 3.04. The lowest BCUT2D eigenvalue weighted by Crippen LogP contribution is -2.19. The van der Waals surface area contributed by atoms with E-state index in [0.29, 0.717) is 6.10 Å². The van der Waals surface area contributed by atoms with E-state index < -0.39 is 0 Å². The van der Waals surface area contributed by atoms with E-state index in [9.17, 15) is 0 Å². The van der Waals surface area contributed by atoms with Crippen LogP contribution in [0, 0.1) is 0 Å². The summed E-state index contributed by atoms with van der Waals surface area (Å²) in [6.07, 6.45) is 4.87. The van der Waals surface area contributed by atoms with Crippen LogP contribution in [0.3, 0.4) is 0 Å². The average molecular weight is 316 g/mol. The first-order valence-corrected chi connectivity index (χ1v) is 5.12. The third-order valence-electron chi connectivity index (χ3n) is 2.04. The van der Waals surface area contributed by atoms with Crippen LogP contribution in [0.15, 0.2) is 22.9 Å². The zero-order valence-corrected chi connectivity index (χ0v) is 11.2. The van der Waals surface area contributed by atoms with Gasteiger partial charge in [0.1, 0.15) is 11.9 Å². The first kappa shape index (κ1) is 15.0. The minimum atomic E-state index is 0. The third kappa shape index (κ3) is 4.15. The number of nitrogens with one attached hydrogen (secondary N) is 1. The minimum Gasteiger partial charge on any atom is -0.488 e. The van der Waals surface area contributed by atoms with Gasteiger partial charge in [0, 0.05) is 18.9 Å². The van der Waals surface area contributed by atoms with E-state index in [2.05, 4.69) is 26.2 Å². The van der Waals surface area contributed by atoms with E-state index in [1.807, 2.05) is 6.07 Å². The summed E-state index contributed by atoms with van der Waals surface area (Å²) in [6, 6.07) is 1.88. The number of rotatable bonds is 2. The molecule has 1 atom stereocenters. The van der Waals surface area contributed by atoms with E-state index >= 15 is 0 Å². The zero-order valence-electron chi connectivity index (χ0n) is 7.98. The van der Waals surface area contributed by atoms with Gasteiger partial charge in [0.25, 0.3) is 0 Å². The van der Waals surface area contributed by atoms with Gasteiger partial charge in [0.15, 0.2) is 0 Å². The van der Waals surface area contributed by atoms with Crippen LogP contribution in [0.5, 0.6) is 5.75 Å². The van der Waals surface area contributed by atoms with Crippen molar-refractivity contribution in [3.8, 4) is 5.75 Å². The fourth-order valence-electron chi connectivity index (χ4n) is 1.37. The molecule has 0 saturated carbocycles. The molecule has 1 aromatic heterocycles. The van der Waals surface area contributed by atoms with Gasteiger partial charge in [-0.2, -0.15) is 0 Å². The molecule has 0 aliphatic carbocycles. The lowest BCUT2D eigenvalue weighted by atomic mass is 10.3. The molecule has 0 aromatic carbocycles. The van der Waals surface area contributed by atoms with Crippen LogP contribution in [0.4, 0.5) is 0 Å². The Bertz CT molecular complexity index is 295. The van der Waals surface area contributed by atoms with Gasteiger partial charge in [-0.25, -0.2) is 0 Å². The predicted molar refractivity (Wildman–Crippen MR) is 68.3 cm³/mol. The number of halogens is 3. The summed E-state index contributed by atoms with van der Waals surface area (Å²) in [5, 5.41) is 3.26. The van der Waals surface area contributed by atoms with Crippen LogP contribution in [0.25, 0.3) is 0 Å². The predicted octanol–water partition coefficient (Wildman–Crippen LogP) is 2.43. The number of ether oxygens (including phenoxy) is 1. The second-order valence-corrected chi connectivity index (χ2v) is 3.89. The van der Waals surface area contributed by atoms with Crippen molar-refractivity contribution in [3.63, 3.8) is 0 Å². The molecule has 2 rings (SSSR count). The molecular formula is C9H13BrCl2N2O. The lowest BCUT2D eigenvalue weighted by Gasteiger charge is -2.12. The largest absolute Gasteiger partial charge is 0.488 e. The Labute approximate surface area is 110 Å². The molecule has 1 unspecified atom stereocenters. The SMILES string of the molecule is Brc1cnccc1OC1CCNC1.Cl.Cl. The number of aromatic nitrogens is 1. The third-order valence-corrected chi connectivity index (χ3v) is 2.64. The zero-order chi connectivity index (χ0) is 9.10. The number of nitrogens with zero attached hydrogens (tertiary/aromatic N) is 1. The van der Waals surface area contributed by atoms with Crippen molar-refractivity contribution in [2.45, 2.75) is 12.5 Å². The fraction of sp³-hybridized carbons (Fsp3) is 0.444. The van der Waals surface area contributed by atoms with Gasteiger partial charge in [-0.15, -0.1) is 24.8 Å². The molecule has 1 aliphatic heterocycles. The van der Waals surface area contributed by atoms with E-state index in [0.717, 1.165) is 29.7 Å². The molecule has 0 amide bonds. The highest BCUT2D eigenvalue weighted by Gasteiger charge is 2.16. The molecule has 0 spiro atoms. The molecule has 1 saturated heterocycles. The molecule has 15 heavy (non-hydrogen) atoms. The number of hydrogen-bond acceptors (Lipinski definition) is 3. The number of hydrogen-bond donors (Lipinski definition) is 1. The summed E-state index contributed by atoms with van der Waals surface area (Å²) in [5.74, 6) is 0.878. The van der Waals surface area contributed by atoms with Crippen LogP contribution in [-0.2, 0) is 0 Å². The Morgan fingerprint density at radius 1 is 1.47 bits per heavy atom. The van der Waals surface area contributed by atoms with Crippen molar-refractivity contribution < 1.29 is 4.74 Å². The quantitative estimate of drug-likeness (QED) is 0.910. The number of pyridine rings is 1. The van der Waals surface area contributed by atoms with Crippen molar-refractivity contribution in [3.05, 3.63) is 22.9 Å². The molecule has 1 aliphatic rings. The van der Waals surface area contributed by atoms with Crippen LogP contribution in [-0.4, -0.2) is 24.2 Å². The summed E-state index contributed by atoms with van der Waals surface area (Å²) in [4.78, 5) is 3.98. The van der Waals surface area contributed by atoms with E-state index in [4.69, 9.17) is 4.74 Å². The molecule has 6 heteroatoms. The van der Waals surface area contributed by atoms with Gasteiger partial charge in [-0.05, 0) is 35.0 Å². The second kappa shape index (κ2) is 7.28. The summed E-state index contributed by atoms with van der Waals surface area (Å²) in [6.45, 7) is 1.99. The van der Waals surface area contributed by atoms with Gasteiger partial charge < -0.3 is 10.1 Å². The van der Waals surface area contributed by atoms with Crippen LogP contribution >= 0.6 is 40.7 Å². The van der Waals surface area contributed by atoms with Gasteiger partial charge in [-0.1, -0.05) is 0 Å². The van der Waals surface area contributed by atoms with E-state index in [-0.39, 0.29) is 24.8 Å². The Balaban J connectivity index is 0.000000980. The van der Waals surface area contributed by atoms with Gasteiger partial charge in [0.2, 0.25) is 0 Å². The maximum Gasteiger partial charge on any atom is 0.137 e. The smallest absolute Gasteiger partial charge is 0.137 e. The monoisotopic (exact) mass is 314 g/mol. The topological polar surface area (TPSA) is 34.1 Å².